The van der Waals surface area contributed by atoms with Crippen molar-refractivity contribution in [2.24, 2.45) is 0 Å². The third-order valence-corrected chi connectivity index (χ3v) is 6.13. The second-order valence-corrected chi connectivity index (χ2v) is 8.68. The molecule has 0 bridgehead atoms. The summed E-state index contributed by atoms with van der Waals surface area (Å²) in [5.74, 6) is 0. The minimum Gasteiger partial charge on any atom is -0.387 e. The molecule has 1 N–H and O–H groups in total. The van der Waals surface area contributed by atoms with Gasteiger partial charge in [0.15, 0.2) is 0 Å². The number of halogens is 2. The Morgan fingerprint density at radius 1 is 0.800 bits per heavy atom. The lowest BCUT2D eigenvalue weighted by Gasteiger charge is -2.28. The van der Waals surface area contributed by atoms with Crippen molar-refractivity contribution in [2.75, 3.05) is 19.6 Å². The van der Waals surface area contributed by atoms with Crippen LogP contribution in [-0.2, 0) is 6.42 Å². The van der Waals surface area contributed by atoms with Gasteiger partial charge in [0.2, 0.25) is 0 Å². The van der Waals surface area contributed by atoms with Crippen LogP contribution in [0.4, 0.5) is 0 Å². The molecule has 0 amide bonds. The van der Waals surface area contributed by atoms with Crippen LogP contribution in [0, 0.1) is 0 Å². The Kier molecular flexibility index (Phi) is 6.91. The molecule has 1 atom stereocenters. The fourth-order valence-corrected chi connectivity index (χ4v) is 4.10. The van der Waals surface area contributed by atoms with E-state index in [-0.39, 0.29) is 0 Å². The summed E-state index contributed by atoms with van der Waals surface area (Å²) in [5, 5.41) is 12.2. The van der Waals surface area contributed by atoms with Crippen molar-refractivity contribution in [3.05, 3.63) is 111 Å². The molecule has 0 fully saturated rings. The molecule has 0 aromatic heterocycles. The summed E-state index contributed by atoms with van der Waals surface area (Å²) < 4.78 is 0. The number of aliphatic hydroxyl groups excluding tert-OH is 1. The highest BCUT2D eigenvalue weighted by atomic mass is 35.5. The van der Waals surface area contributed by atoms with Crippen LogP contribution < -0.4 is 0 Å². The molecule has 0 aliphatic carbocycles. The van der Waals surface area contributed by atoms with Gasteiger partial charge in [-0.3, -0.25) is 4.90 Å². The molecule has 1 unspecified atom stereocenters. The van der Waals surface area contributed by atoms with Crippen LogP contribution >= 0.6 is 23.2 Å². The lowest BCUT2D eigenvalue weighted by Crippen LogP contribution is -2.32. The maximum absolute atomic E-state index is 10.7. The summed E-state index contributed by atoms with van der Waals surface area (Å²) >= 11 is 11.9. The number of aliphatic hydroxyl groups is 1. The van der Waals surface area contributed by atoms with Crippen molar-refractivity contribution < 1.29 is 5.11 Å². The molecule has 0 spiro atoms. The molecule has 30 heavy (non-hydrogen) atoms. The van der Waals surface area contributed by atoms with E-state index in [0.29, 0.717) is 6.54 Å². The highest BCUT2D eigenvalue weighted by Gasteiger charge is 2.17. The van der Waals surface area contributed by atoms with Crippen LogP contribution in [0.3, 0.4) is 0 Å². The van der Waals surface area contributed by atoms with Gasteiger partial charge in [-0.1, -0.05) is 77.8 Å². The van der Waals surface area contributed by atoms with Crippen molar-refractivity contribution >= 4 is 28.8 Å². The SMILES string of the molecule is OC(CN1CC=C(c2ccc(Cl)cc2)CC1)c1ccc(Cc2ccc(Cl)cc2)cc1. The highest BCUT2D eigenvalue weighted by Crippen LogP contribution is 2.25. The number of hydrogen-bond donors (Lipinski definition) is 1. The summed E-state index contributed by atoms with van der Waals surface area (Å²) in [5.41, 5.74) is 5.99. The molecule has 4 heteroatoms. The first kappa shape index (κ1) is 21.1. The van der Waals surface area contributed by atoms with Crippen molar-refractivity contribution in [1.82, 2.24) is 4.90 Å². The molecule has 1 heterocycles. The zero-order chi connectivity index (χ0) is 20.9. The second kappa shape index (κ2) is 9.80. The van der Waals surface area contributed by atoms with Gasteiger partial charge in [0.25, 0.3) is 0 Å². The first-order valence-electron chi connectivity index (χ1n) is 10.3. The van der Waals surface area contributed by atoms with E-state index < -0.39 is 6.10 Å². The quantitative estimate of drug-likeness (QED) is 0.481. The number of rotatable bonds is 6. The first-order valence-corrected chi connectivity index (χ1v) is 11.0. The number of β-amino-alcohol motifs (C(OH)–C–C–N with tert-alkyl or cyclic N) is 1. The lowest BCUT2D eigenvalue weighted by molar-refractivity contribution is 0.119. The van der Waals surface area contributed by atoms with Gasteiger partial charge in [-0.05, 0) is 64.9 Å². The van der Waals surface area contributed by atoms with E-state index in [1.807, 2.05) is 48.5 Å². The predicted octanol–water partition coefficient (Wildman–Crippen LogP) is 6.41. The third-order valence-electron chi connectivity index (χ3n) is 5.63. The average molecular weight is 438 g/mol. The molecule has 0 saturated heterocycles. The van der Waals surface area contributed by atoms with Gasteiger partial charge in [0, 0.05) is 29.7 Å². The Morgan fingerprint density at radius 2 is 1.37 bits per heavy atom. The van der Waals surface area contributed by atoms with E-state index in [2.05, 4.69) is 35.2 Å². The smallest absolute Gasteiger partial charge is 0.0917 e. The van der Waals surface area contributed by atoms with Gasteiger partial charge in [-0.15, -0.1) is 0 Å². The summed E-state index contributed by atoms with van der Waals surface area (Å²) in [6.45, 7) is 2.44. The summed E-state index contributed by atoms with van der Waals surface area (Å²) in [6.07, 6.45) is 3.61. The fourth-order valence-electron chi connectivity index (χ4n) is 3.85. The minimum atomic E-state index is -0.486. The number of hydrogen-bond acceptors (Lipinski definition) is 2. The van der Waals surface area contributed by atoms with Gasteiger partial charge < -0.3 is 5.11 Å². The second-order valence-electron chi connectivity index (χ2n) is 7.81. The largest absolute Gasteiger partial charge is 0.387 e. The Balaban J connectivity index is 1.32. The number of nitrogens with zero attached hydrogens (tertiary/aromatic N) is 1. The van der Waals surface area contributed by atoms with E-state index in [9.17, 15) is 5.11 Å². The molecular weight excluding hydrogens is 413 g/mol. The lowest BCUT2D eigenvalue weighted by atomic mass is 9.98. The van der Waals surface area contributed by atoms with Crippen LogP contribution in [0.25, 0.3) is 5.57 Å². The number of benzene rings is 3. The third kappa shape index (κ3) is 5.53. The Labute approximate surface area is 188 Å². The van der Waals surface area contributed by atoms with E-state index >= 15 is 0 Å². The van der Waals surface area contributed by atoms with Crippen LogP contribution in [0.2, 0.25) is 10.0 Å². The normalized spacial score (nSPS) is 15.6. The molecular formula is C26H25Cl2NO. The van der Waals surface area contributed by atoms with E-state index in [1.165, 1.54) is 22.3 Å². The molecule has 3 aromatic rings. The molecule has 154 valence electrons. The zero-order valence-corrected chi connectivity index (χ0v) is 18.3. The standard InChI is InChI=1S/C26H25Cl2NO/c27-24-9-3-20(4-10-24)17-19-1-5-23(6-2-19)26(30)18-29-15-13-22(14-16-29)21-7-11-25(28)12-8-21/h1-13,26,30H,14-18H2. The van der Waals surface area contributed by atoms with Crippen molar-refractivity contribution in [3.8, 4) is 0 Å². The maximum Gasteiger partial charge on any atom is 0.0917 e. The molecule has 4 rings (SSSR count). The highest BCUT2D eigenvalue weighted by molar-refractivity contribution is 6.30. The van der Waals surface area contributed by atoms with E-state index in [0.717, 1.165) is 41.5 Å². The molecule has 3 aromatic carbocycles. The Morgan fingerprint density at radius 3 is 1.93 bits per heavy atom. The monoisotopic (exact) mass is 437 g/mol. The fraction of sp³-hybridized carbons (Fsp3) is 0.231. The molecule has 1 aliphatic rings. The maximum atomic E-state index is 10.7. The van der Waals surface area contributed by atoms with Gasteiger partial charge in [-0.2, -0.15) is 0 Å². The van der Waals surface area contributed by atoms with Gasteiger partial charge in [-0.25, -0.2) is 0 Å². The van der Waals surface area contributed by atoms with Crippen LogP contribution in [0.5, 0.6) is 0 Å². The van der Waals surface area contributed by atoms with Gasteiger partial charge in [0.1, 0.15) is 0 Å². The van der Waals surface area contributed by atoms with Crippen molar-refractivity contribution in [2.45, 2.75) is 18.9 Å². The van der Waals surface area contributed by atoms with Crippen LogP contribution in [0.15, 0.2) is 78.9 Å². The minimum absolute atomic E-state index is 0.486. The van der Waals surface area contributed by atoms with Crippen molar-refractivity contribution in [3.63, 3.8) is 0 Å². The first-order chi connectivity index (χ1) is 14.6. The predicted molar refractivity (Wildman–Crippen MR) is 126 cm³/mol. The van der Waals surface area contributed by atoms with E-state index in [1.54, 1.807) is 0 Å². The van der Waals surface area contributed by atoms with Gasteiger partial charge in [0.05, 0.1) is 6.10 Å². The van der Waals surface area contributed by atoms with Crippen LogP contribution in [0.1, 0.15) is 34.8 Å². The average Bonchev–Trinajstić information content (AvgIpc) is 2.77. The summed E-state index contributed by atoms with van der Waals surface area (Å²) in [6, 6.07) is 24.2. The van der Waals surface area contributed by atoms with Crippen molar-refractivity contribution in [1.29, 1.82) is 0 Å². The van der Waals surface area contributed by atoms with Gasteiger partial charge >= 0.3 is 0 Å². The Bertz CT molecular complexity index is 995. The molecule has 0 radical (unpaired) electrons. The van der Waals surface area contributed by atoms with Crippen LogP contribution in [-0.4, -0.2) is 29.6 Å². The van der Waals surface area contributed by atoms with E-state index in [4.69, 9.17) is 23.2 Å². The topological polar surface area (TPSA) is 23.5 Å². The zero-order valence-electron chi connectivity index (χ0n) is 16.8. The summed E-state index contributed by atoms with van der Waals surface area (Å²) in [4.78, 5) is 2.30. The molecule has 1 aliphatic heterocycles. The summed E-state index contributed by atoms with van der Waals surface area (Å²) in [7, 11) is 0. The Hall–Kier alpha value is -2.10. The molecule has 2 nitrogen and oxygen atoms in total. The molecule has 0 saturated carbocycles.